The summed E-state index contributed by atoms with van der Waals surface area (Å²) < 4.78 is 0. The van der Waals surface area contributed by atoms with Crippen molar-refractivity contribution in [1.82, 2.24) is 0 Å². The van der Waals surface area contributed by atoms with E-state index < -0.39 is 0 Å². The number of hydrogen-bond acceptors (Lipinski definition) is 0. The molecular formula is C21H20. The lowest BCUT2D eigenvalue weighted by Gasteiger charge is -2.08. The number of hydrogen-bond donors (Lipinski definition) is 0. The van der Waals surface area contributed by atoms with E-state index in [1.54, 1.807) is 0 Å². The summed E-state index contributed by atoms with van der Waals surface area (Å²) in [6.45, 7) is 6.44. The molecule has 0 aliphatic rings. The van der Waals surface area contributed by atoms with Gasteiger partial charge >= 0.3 is 0 Å². The van der Waals surface area contributed by atoms with Crippen LogP contribution in [0.5, 0.6) is 0 Å². The van der Waals surface area contributed by atoms with Crippen LogP contribution in [0, 0.1) is 20.8 Å². The fraction of sp³-hybridized carbons (Fsp3) is 0.143. The molecule has 0 fully saturated rings. The van der Waals surface area contributed by atoms with Crippen molar-refractivity contribution in [2.75, 3.05) is 0 Å². The minimum absolute atomic E-state index is 1.27. The second-order valence-corrected chi connectivity index (χ2v) is 5.75. The van der Waals surface area contributed by atoms with Gasteiger partial charge in [0.05, 0.1) is 0 Å². The van der Waals surface area contributed by atoms with E-state index in [1.165, 1.54) is 38.9 Å². The lowest BCUT2D eigenvalue weighted by Crippen LogP contribution is -1.85. The molecule has 0 nitrogen and oxygen atoms in total. The van der Waals surface area contributed by atoms with Gasteiger partial charge in [0.15, 0.2) is 0 Å². The molecule has 0 aliphatic carbocycles. The monoisotopic (exact) mass is 272 g/mol. The zero-order valence-electron chi connectivity index (χ0n) is 12.9. The smallest absolute Gasteiger partial charge is 0.0178 e. The number of benzene rings is 3. The number of rotatable bonds is 2. The van der Waals surface area contributed by atoms with Crippen LogP contribution in [0.1, 0.15) is 16.7 Å². The minimum atomic E-state index is 1.27. The van der Waals surface area contributed by atoms with Crippen LogP contribution in [-0.2, 0) is 0 Å². The summed E-state index contributed by atoms with van der Waals surface area (Å²) >= 11 is 0. The van der Waals surface area contributed by atoms with Crippen molar-refractivity contribution in [1.29, 1.82) is 0 Å². The largest absolute Gasteiger partial charge is 0.0610 e. The van der Waals surface area contributed by atoms with Gasteiger partial charge < -0.3 is 0 Å². The van der Waals surface area contributed by atoms with Crippen LogP contribution >= 0.6 is 0 Å². The molecule has 0 aromatic heterocycles. The van der Waals surface area contributed by atoms with Gasteiger partial charge in [0.1, 0.15) is 0 Å². The van der Waals surface area contributed by atoms with Crippen molar-refractivity contribution in [3.05, 3.63) is 83.4 Å². The lowest BCUT2D eigenvalue weighted by atomic mass is 9.96. The number of aryl methyl sites for hydroxylation is 3. The molecule has 3 aromatic rings. The van der Waals surface area contributed by atoms with Crippen molar-refractivity contribution in [3.8, 4) is 22.3 Å². The van der Waals surface area contributed by atoms with Gasteiger partial charge in [0.25, 0.3) is 0 Å². The van der Waals surface area contributed by atoms with Crippen molar-refractivity contribution < 1.29 is 0 Å². The van der Waals surface area contributed by atoms with Crippen molar-refractivity contribution in [2.24, 2.45) is 0 Å². The van der Waals surface area contributed by atoms with Gasteiger partial charge in [-0.15, -0.1) is 0 Å². The van der Waals surface area contributed by atoms with E-state index in [9.17, 15) is 0 Å². The molecule has 0 heterocycles. The lowest BCUT2D eigenvalue weighted by molar-refractivity contribution is 1.34. The Morgan fingerprint density at radius 3 is 1.71 bits per heavy atom. The molecule has 0 heteroatoms. The first-order valence-corrected chi connectivity index (χ1v) is 7.38. The molecule has 104 valence electrons. The third-order valence-corrected chi connectivity index (χ3v) is 4.09. The predicted molar refractivity (Wildman–Crippen MR) is 91.5 cm³/mol. The van der Waals surface area contributed by atoms with E-state index in [-0.39, 0.29) is 0 Å². The summed E-state index contributed by atoms with van der Waals surface area (Å²) in [5.74, 6) is 0. The molecule has 0 saturated heterocycles. The van der Waals surface area contributed by atoms with Crippen LogP contribution in [0.25, 0.3) is 22.3 Å². The van der Waals surface area contributed by atoms with Crippen LogP contribution in [-0.4, -0.2) is 0 Å². The van der Waals surface area contributed by atoms with E-state index in [1.807, 2.05) is 0 Å². The Balaban J connectivity index is 2.03. The summed E-state index contributed by atoms with van der Waals surface area (Å²) in [5, 5.41) is 0. The maximum absolute atomic E-state index is 2.27. The van der Waals surface area contributed by atoms with Gasteiger partial charge in [-0.25, -0.2) is 0 Å². The summed E-state index contributed by atoms with van der Waals surface area (Å²) in [4.78, 5) is 0. The van der Waals surface area contributed by atoms with Crippen molar-refractivity contribution in [2.45, 2.75) is 20.8 Å². The van der Waals surface area contributed by atoms with Gasteiger partial charge in [0, 0.05) is 0 Å². The van der Waals surface area contributed by atoms with E-state index in [4.69, 9.17) is 0 Å². The molecule has 0 atom stereocenters. The maximum Gasteiger partial charge on any atom is -0.0178 e. The minimum Gasteiger partial charge on any atom is -0.0610 e. The Morgan fingerprint density at radius 2 is 1.05 bits per heavy atom. The Kier molecular flexibility index (Phi) is 3.62. The van der Waals surface area contributed by atoms with E-state index in [2.05, 4.69) is 87.5 Å². The third kappa shape index (κ3) is 2.90. The molecule has 3 rings (SSSR count). The molecule has 0 radical (unpaired) electrons. The summed E-state index contributed by atoms with van der Waals surface area (Å²) in [6, 6.07) is 24.1. The molecule has 0 bridgehead atoms. The second-order valence-electron chi connectivity index (χ2n) is 5.75. The van der Waals surface area contributed by atoms with Gasteiger partial charge in [-0.2, -0.15) is 0 Å². The average molecular weight is 272 g/mol. The van der Waals surface area contributed by atoms with Crippen LogP contribution in [0.4, 0.5) is 0 Å². The molecule has 0 aliphatic heterocycles. The van der Waals surface area contributed by atoms with E-state index in [0.717, 1.165) is 0 Å². The first-order valence-electron chi connectivity index (χ1n) is 7.38. The van der Waals surface area contributed by atoms with Gasteiger partial charge in [0.2, 0.25) is 0 Å². The second kappa shape index (κ2) is 5.57. The highest BCUT2D eigenvalue weighted by molar-refractivity contribution is 5.73. The molecule has 0 N–H and O–H groups in total. The van der Waals surface area contributed by atoms with E-state index >= 15 is 0 Å². The molecule has 0 saturated carbocycles. The highest BCUT2D eigenvalue weighted by Crippen LogP contribution is 2.27. The van der Waals surface area contributed by atoms with Crippen molar-refractivity contribution >= 4 is 0 Å². The SMILES string of the molecule is Cc1ccc(-c2cccc(-c3ccc(C)c(C)c3)c2)cc1. The molecular weight excluding hydrogens is 252 g/mol. The zero-order chi connectivity index (χ0) is 14.8. The van der Waals surface area contributed by atoms with Crippen LogP contribution in [0.3, 0.4) is 0 Å². The van der Waals surface area contributed by atoms with Crippen LogP contribution < -0.4 is 0 Å². The molecule has 21 heavy (non-hydrogen) atoms. The molecule has 3 aromatic carbocycles. The van der Waals surface area contributed by atoms with E-state index in [0.29, 0.717) is 0 Å². The van der Waals surface area contributed by atoms with Gasteiger partial charge in [-0.3, -0.25) is 0 Å². The maximum atomic E-state index is 2.27. The summed E-state index contributed by atoms with van der Waals surface area (Å²) in [7, 11) is 0. The zero-order valence-corrected chi connectivity index (χ0v) is 12.9. The third-order valence-electron chi connectivity index (χ3n) is 4.09. The Bertz CT molecular complexity index is 764. The Hall–Kier alpha value is -2.34. The topological polar surface area (TPSA) is 0 Å². The molecule has 0 amide bonds. The van der Waals surface area contributed by atoms with Crippen molar-refractivity contribution in [3.63, 3.8) is 0 Å². The average Bonchev–Trinajstić information content (AvgIpc) is 2.51. The molecule has 0 unspecified atom stereocenters. The summed E-state index contributed by atoms with van der Waals surface area (Å²) in [6.07, 6.45) is 0. The quantitative estimate of drug-likeness (QED) is 0.541. The van der Waals surface area contributed by atoms with Crippen LogP contribution in [0.15, 0.2) is 66.7 Å². The highest BCUT2D eigenvalue weighted by atomic mass is 14.1. The first-order chi connectivity index (χ1) is 10.1. The predicted octanol–water partition coefficient (Wildman–Crippen LogP) is 5.95. The Labute approximate surface area is 127 Å². The summed E-state index contributed by atoms with van der Waals surface area (Å²) in [5.41, 5.74) is 9.07. The Morgan fingerprint density at radius 1 is 0.476 bits per heavy atom. The molecule has 0 spiro atoms. The standard InChI is InChI=1S/C21H20/c1-15-7-10-18(11-8-15)19-5-4-6-20(14-19)21-12-9-16(2)17(3)13-21/h4-14H,1-3H3. The van der Waals surface area contributed by atoms with Crippen LogP contribution in [0.2, 0.25) is 0 Å². The highest BCUT2D eigenvalue weighted by Gasteiger charge is 2.03. The normalized spacial score (nSPS) is 10.6. The first kappa shape index (κ1) is 13.6. The van der Waals surface area contributed by atoms with Gasteiger partial charge in [-0.05, 0) is 60.2 Å². The van der Waals surface area contributed by atoms with Gasteiger partial charge in [-0.1, -0.05) is 66.2 Å². The fourth-order valence-corrected chi connectivity index (χ4v) is 2.55. The fourth-order valence-electron chi connectivity index (χ4n) is 2.55.